The summed E-state index contributed by atoms with van der Waals surface area (Å²) < 4.78 is 0. The van der Waals surface area contributed by atoms with Crippen LogP contribution in [0.1, 0.15) is 38.8 Å². The molecule has 1 aliphatic heterocycles. The molecule has 92 valence electrons. The van der Waals surface area contributed by atoms with E-state index in [1.807, 2.05) is 0 Å². The van der Waals surface area contributed by atoms with Crippen molar-refractivity contribution in [2.75, 3.05) is 0 Å². The van der Waals surface area contributed by atoms with Gasteiger partial charge in [0.05, 0.1) is 0 Å². The lowest BCUT2D eigenvalue weighted by Crippen LogP contribution is -2.30. The van der Waals surface area contributed by atoms with E-state index < -0.39 is 0 Å². The Labute approximate surface area is 107 Å². The van der Waals surface area contributed by atoms with Crippen LogP contribution in [0.2, 0.25) is 12.6 Å². The summed E-state index contributed by atoms with van der Waals surface area (Å²) in [5.74, 6) is 0. The monoisotopic (exact) mass is 228 g/mol. The molecule has 1 heteroatoms. The maximum atomic E-state index is 2.43. The third-order valence-corrected chi connectivity index (χ3v) is 5.43. The molecular formula is C16H25B. The van der Waals surface area contributed by atoms with Gasteiger partial charge in [0.1, 0.15) is 0 Å². The lowest BCUT2D eigenvalue weighted by molar-refractivity contribution is 0.177. The Hall–Kier alpha value is -0.715. The molecule has 0 spiro atoms. The summed E-state index contributed by atoms with van der Waals surface area (Å²) in [5.41, 5.74) is 5.43. The van der Waals surface area contributed by atoms with E-state index in [1.54, 1.807) is 5.46 Å². The molecule has 0 aromatic heterocycles. The largest absolute Gasteiger partial charge is 0.177 e. The first-order chi connectivity index (χ1) is 7.74. The van der Waals surface area contributed by atoms with Crippen molar-refractivity contribution in [1.29, 1.82) is 0 Å². The predicted molar refractivity (Wildman–Crippen MR) is 78.5 cm³/mol. The summed E-state index contributed by atoms with van der Waals surface area (Å²) >= 11 is 0. The Morgan fingerprint density at radius 1 is 0.941 bits per heavy atom. The van der Waals surface area contributed by atoms with Gasteiger partial charge in [-0.15, -0.1) is 0 Å². The molecule has 1 saturated heterocycles. The second-order valence-electron chi connectivity index (χ2n) is 7.16. The third kappa shape index (κ3) is 2.05. The molecule has 0 radical (unpaired) electrons. The van der Waals surface area contributed by atoms with Crippen molar-refractivity contribution in [1.82, 2.24) is 0 Å². The molecule has 0 unspecified atom stereocenters. The summed E-state index contributed by atoms with van der Waals surface area (Å²) in [5, 5.41) is 0. The van der Waals surface area contributed by atoms with E-state index in [1.165, 1.54) is 23.8 Å². The van der Waals surface area contributed by atoms with Gasteiger partial charge >= 0.3 is 0 Å². The Morgan fingerprint density at radius 2 is 1.47 bits per heavy atom. The van der Waals surface area contributed by atoms with E-state index in [0.717, 1.165) is 6.71 Å². The van der Waals surface area contributed by atoms with Crippen LogP contribution in [0.3, 0.4) is 0 Å². The van der Waals surface area contributed by atoms with E-state index in [9.17, 15) is 0 Å². The number of rotatable bonds is 1. The molecular weight excluding hydrogens is 203 g/mol. The van der Waals surface area contributed by atoms with Crippen LogP contribution in [0.15, 0.2) is 18.2 Å². The van der Waals surface area contributed by atoms with Crippen LogP contribution in [0.25, 0.3) is 0 Å². The molecule has 0 bridgehead atoms. The summed E-state index contributed by atoms with van der Waals surface area (Å²) in [6.07, 6.45) is 2.65. The van der Waals surface area contributed by atoms with Gasteiger partial charge in [-0.2, -0.15) is 0 Å². The van der Waals surface area contributed by atoms with Gasteiger partial charge in [0.15, 0.2) is 6.71 Å². The van der Waals surface area contributed by atoms with Crippen molar-refractivity contribution in [3.8, 4) is 0 Å². The molecule has 1 aliphatic rings. The van der Waals surface area contributed by atoms with Gasteiger partial charge in [-0.05, 0) is 30.2 Å². The van der Waals surface area contributed by atoms with E-state index in [4.69, 9.17) is 0 Å². The minimum absolute atomic E-state index is 0.452. The fourth-order valence-corrected chi connectivity index (χ4v) is 3.29. The second kappa shape index (κ2) is 3.90. The molecule has 0 amide bonds. The quantitative estimate of drug-likeness (QED) is 0.635. The lowest BCUT2D eigenvalue weighted by atomic mass is 9.41. The standard InChI is InChI=1S/C16H25B/c1-12-8-7-9-14(13(12)2)17-10-15(3,4)16(5,6)11-17/h7-9H,10-11H2,1-6H3. The van der Waals surface area contributed by atoms with Gasteiger partial charge in [-0.1, -0.05) is 69.6 Å². The van der Waals surface area contributed by atoms with Gasteiger partial charge in [-0.25, -0.2) is 0 Å². The number of aryl methyl sites for hydroxylation is 1. The highest BCUT2D eigenvalue weighted by molar-refractivity contribution is 6.74. The van der Waals surface area contributed by atoms with Crippen molar-refractivity contribution in [2.24, 2.45) is 10.8 Å². The van der Waals surface area contributed by atoms with Crippen molar-refractivity contribution in [3.05, 3.63) is 29.3 Å². The molecule has 17 heavy (non-hydrogen) atoms. The van der Waals surface area contributed by atoms with Crippen molar-refractivity contribution in [2.45, 2.75) is 54.2 Å². The molecule has 0 aliphatic carbocycles. The van der Waals surface area contributed by atoms with Crippen molar-refractivity contribution in [3.63, 3.8) is 0 Å². The van der Waals surface area contributed by atoms with E-state index in [2.05, 4.69) is 59.7 Å². The minimum Gasteiger partial charge on any atom is -0.0769 e. The highest BCUT2D eigenvalue weighted by atomic mass is 14.4. The maximum Gasteiger partial charge on any atom is 0.177 e. The minimum atomic E-state index is 0.452. The predicted octanol–water partition coefficient (Wildman–Crippen LogP) is 4.07. The average molecular weight is 228 g/mol. The van der Waals surface area contributed by atoms with Crippen LogP contribution in [0.4, 0.5) is 0 Å². The molecule has 1 aromatic carbocycles. The molecule has 0 saturated carbocycles. The lowest BCUT2D eigenvalue weighted by Gasteiger charge is -2.35. The van der Waals surface area contributed by atoms with E-state index >= 15 is 0 Å². The Balaban J connectivity index is 2.36. The summed E-state index contributed by atoms with van der Waals surface area (Å²) in [6.45, 7) is 15.0. The maximum absolute atomic E-state index is 2.43. The molecule has 2 rings (SSSR count). The highest BCUT2D eigenvalue weighted by Gasteiger charge is 2.48. The first-order valence-electron chi connectivity index (χ1n) is 6.81. The molecule has 1 aromatic rings. The van der Waals surface area contributed by atoms with Crippen LogP contribution >= 0.6 is 0 Å². The Bertz CT molecular complexity index is 413. The van der Waals surface area contributed by atoms with Crippen molar-refractivity contribution < 1.29 is 0 Å². The molecule has 1 fully saturated rings. The summed E-state index contributed by atoms with van der Waals surface area (Å²) in [7, 11) is 0. The van der Waals surface area contributed by atoms with Crippen LogP contribution < -0.4 is 5.46 Å². The highest BCUT2D eigenvalue weighted by Crippen LogP contribution is 2.52. The van der Waals surface area contributed by atoms with Gasteiger partial charge in [0.2, 0.25) is 0 Å². The van der Waals surface area contributed by atoms with Gasteiger partial charge in [0.25, 0.3) is 0 Å². The zero-order valence-electron chi connectivity index (χ0n) is 12.2. The van der Waals surface area contributed by atoms with E-state index in [-0.39, 0.29) is 0 Å². The smallest absolute Gasteiger partial charge is 0.0769 e. The number of benzene rings is 1. The fraction of sp³-hybridized carbons (Fsp3) is 0.625. The van der Waals surface area contributed by atoms with Gasteiger partial charge in [0, 0.05) is 0 Å². The molecule has 0 N–H and O–H groups in total. The van der Waals surface area contributed by atoms with Gasteiger partial charge < -0.3 is 0 Å². The first kappa shape index (κ1) is 12.7. The fourth-order valence-electron chi connectivity index (χ4n) is 3.29. The second-order valence-corrected chi connectivity index (χ2v) is 7.16. The van der Waals surface area contributed by atoms with Crippen LogP contribution in [0.5, 0.6) is 0 Å². The Kier molecular flexibility index (Phi) is 2.92. The SMILES string of the molecule is Cc1cccc(B2CC(C)(C)C(C)(C)C2)c1C. The van der Waals surface area contributed by atoms with E-state index in [0.29, 0.717) is 10.8 Å². The van der Waals surface area contributed by atoms with Crippen molar-refractivity contribution >= 4 is 12.2 Å². The number of hydrogen-bond donors (Lipinski definition) is 0. The zero-order valence-corrected chi connectivity index (χ0v) is 12.2. The number of hydrogen-bond acceptors (Lipinski definition) is 0. The Morgan fingerprint density at radius 3 is 2.00 bits per heavy atom. The first-order valence-corrected chi connectivity index (χ1v) is 6.81. The average Bonchev–Trinajstić information content (AvgIpc) is 2.40. The molecule has 0 atom stereocenters. The van der Waals surface area contributed by atoms with Crippen LogP contribution in [-0.2, 0) is 0 Å². The molecule has 1 heterocycles. The molecule has 0 nitrogen and oxygen atoms in total. The van der Waals surface area contributed by atoms with Crippen LogP contribution in [0, 0.1) is 24.7 Å². The third-order valence-electron chi connectivity index (χ3n) is 5.43. The zero-order chi connectivity index (χ0) is 12.8. The summed E-state index contributed by atoms with van der Waals surface area (Å²) in [4.78, 5) is 0. The normalized spacial score (nSPS) is 21.9. The topological polar surface area (TPSA) is 0 Å². The van der Waals surface area contributed by atoms with Crippen LogP contribution in [-0.4, -0.2) is 6.71 Å². The summed E-state index contributed by atoms with van der Waals surface area (Å²) in [6, 6.07) is 6.78. The van der Waals surface area contributed by atoms with Gasteiger partial charge in [-0.3, -0.25) is 0 Å².